The van der Waals surface area contributed by atoms with Gasteiger partial charge in [0.1, 0.15) is 11.4 Å². The third-order valence-corrected chi connectivity index (χ3v) is 2.73. The standard InChI is InChI=1S/C14H17N3O2/c1-2-3-7-19-11-6-4-5-10(8-11)13-9-12(15)14(18)17-16-13/h4-6,8-9H,2-3,7H2,1H3,(H2,15,16)(H,17,18). The molecule has 1 aromatic heterocycles. The van der Waals surface area contributed by atoms with Gasteiger partial charge in [-0.3, -0.25) is 4.79 Å². The summed E-state index contributed by atoms with van der Waals surface area (Å²) in [5.41, 5.74) is 6.84. The Bertz CT molecular complexity index is 608. The normalized spacial score (nSPS) is 10.4. The molecule has 0 bridgehead atoms. The fourth-order valence-electron chi connectivity index (χ4n) is 1.65. The van der Waals surface area contributed by atoms with Gasteiger partial charge in [0.2, 0.25) is 0 Å². The number of nitrogens with two attached hydrogens (primary N) is 1. The molecule has 19 heavy (non-hydrogen) atoms. The number of anilines is 1. The molecule has 0 saturated carbocycles. The van der Waals surface area contributed by atoms with Gasteiger partial charge < -0.3 is 10.5 Å². The van der Waals surface area contributed by atoms with Crippen LogP contribution in [0.15, 0.2) is 35.1 Å². The summed E-state index contributed by atoms with van der Waals surface area (Å²) in [7, 11) is 0. The molecule has 1 aromatic carbocycles. The third kappa shape index (κ3) is 3.34. The Morgan fingerprint density at radius 1 is 1.37 bits per heavy atom. The van der Waals surface area contributed by atoms with E-state index in [2.05, 4.69) is 17.1 Å². The third-order valence-electron chi connectivity index (χ3n) is 2.73. The summed E-state index contributed by atoms with van der Waals surface area (Å²) in [6.45, 7) is 2.81. The van der Waals surface area contributed by atoms with Crippen LogP contribution in [0.1, 0.15) is 19.8 Å². The van der Waals surface area contributed by atoms with Crippen molar-refractivity contribution in [1.82, 2.24) is 10.2 Å². The molecule has 100 valence electrons. The first-order chi connectivity index (χ1) is 9.20. The molecular weight excluding hydrogens is 242 g/mol. The molecule has 2 rings (SSSR count). The van der Waals surface area contributed by atoms with Crippen LogP contribution in [0.5, 0.6) is 5.75 Å². The number of nitrogens with one attached hydrogen (secondary N) is 1. The lowest BCUT2D eigenvalue weighted by Crippen LogP contribution is -2.13. The molecule has 0 spiro atoms. The molecule has 3 N–H and O–H groups in total. The minimum atomic E-state index is -0.376. The van der Waals surface area contributed by atoms with E-state index >= 15 is 0 Å². The molecule has 5 heteroatoms. The van der Waals surface area contributed by atoms with Crippen molar-refractivity contribution >= 4 is 5.69 Å². The SMILES string of the molecule is CCCCOc1cccc(-c2cc(N)c(=O)[nH]n2)c1. The monoisotopic (exact) mass is 259 g/mol. The van der Waals surface area contributed by atoms with Gasteiger partial charge in [0.05, 0.1) is 12.3 Å². The average molecular weight is 259 g/mol. The van der Waals surface area contributed by atoms with Crippen molar-refractivity contribution in [3.05, 3.63) is 40.7 Å². The van der Waals surface area contributed by atoms with Crippen molar-refractivity contribution in [2.75, 3.05) is 12.3 Å². The summed E-state index contributed by atoms with van der Waals surface area (Å²) >= 11 is 0. The zero-order chi connectivity index (χ0) is 13.7. The van der Waals surface area contributed by atoms with E-state index in [0.29, 0.717) is 12.3 Å². The molecule has 1 heterocycles. The first-order valence-corrected chi connectivity index (χ1v) is 6.29. The van der Waals surface area contributed by atoms with Gasteiger partial charge in [-0.25, -0.2) is 5.10 Å². The van der Waals surface area contributed by atoms with E-state index in [1.807, 2.05) is 24.3 Å². The zero-order valence-corrected chi connectivity index (χ0v) is 10.8. The molecule has 5 nitrogen and oxygen atoms in total. The van der Waals surface area contributed by atoms with E-state index in [1.165, 1.54) is 0 Å². The van der Waals surface area contributed by atoms with E-state index in [-0.39, 0.29) is 11.2 Å². The van der Waals surface area contributed by atoms with Crippen molar-refractivity contribution in [2.45, 2.75) is 19.8 Å². The van der Waals surface area contributed by atoms with E-state index in [4.69, 9.17) is 10.5 Å². The second-order valence-corrected chi connectivity index (χ2v) is 4.27. The van der Waals surface area contributed by atoms with Crippen molar-refractivity contribution in [2.24, 2.45) is 0 Å². The van der Waals surface area contributed by atoms with Crippen LogP contribution in [0.25, 0.3) is 11.3 Å². The van der Waals surface area contributed by atoms with Gasteiger partial charge >= 0.3 is 0 Å². The van der Waals surface area contributed by atoms with Gasteiger partial charge in [-0.15, -0.1) is 0 Å². The number of aromatic amines is 1. The van der Waals surface area contributed by atoms with Crippen molar-refractivity contribution in [1.29, 1.82) is 0 Å². The number of hydrogen-bond donors (Lipinski definition) is 2. The average Bonchev–Trinajstić information content (AvgIpc) is 2.43. The topological polar surface area (TPSA) is 81.0 Å². The number of H-pyrrole nitrogens is 1. The summed E-state index contributed by atoms with van der Waals surface area (Å²) < 4.78 is 5.63. The van der Waals surface area contributed by atoms with E-state index < -0.39 is 0 Å². The van der Waals surface area contributed by atoms with E-state index in [9.17, 15) is 4.79 Å². The van der Waals surface area contributed by atoms with Crippen molar-refractivity contribution in [3.63, 3.8) is 0 Å². The maximum atomic E-state index is 11.2. The second kappa shape index (κ2) is 6.04. The largest absolute Gasteiger partial charge is 0.494 e. The number of rotatable bonds is 5. The number of hydrogen-bond acceptors (Lipinski definition) is 4. The molecule has 0 aliphatic heterocycles. The number of aromatic nitrogens is 2. The van der Waals surface area contributed by atoms with Crippen LogP contribution in [-0.2, 0) is 0 Å². The maximum absolute atomic E-state index is 11.2. The number of nitrogens with zero attached hydrogens (tertiary/aromatic N) is 1. The highest BCUT2D eigenvalue weighted by Gasteiger charge is 2.04. The van der Waals surface area contributed by atoms with Crippen molar-refractivity contribution < 1.29 is 4.74 Å². The Morgan fingerprint density at radius 3 is 2.95 bits per heavy atom. The lowest BCUT2D eigenvalue weighted by Gasteiger charge is -2.07. The van der Waals surface area contributed by atoms with Crippen LogP contribution in [0.4, 0.5) is 5.69 Å². The Labute approximate surface area is 111 Å². The predicted octanol–water partition coefficient (Wildman–Crippen LogP) is 2.20. The minimum Gasteiger partial charge on any atom is -0.494 e. The smallest absolute Gasteiger partial charge is 0.287 e. The second-order valence-electron chi connectivity index (χ2n) is 4.27. The quantitative estimate of drug-likeness (QED) is 0.806. The molecule has 0 amide bonds. The van der Waals surface area contributed by atoms with Gasteiger partial charge in [-0.2, -0.15) is 5.10 Å². The number of nitrogen functional groups attached to an aromatic ring is 1. The Balaban J connectivity index is 2.22. The van der Waals surface area contributed by atoms with Gasteiger partial charge in [-0.05, 0) is 24.6 Å². The van der Waals surface area contributed by atoms with Crippen LogP contribution >= 0.6 is 0 Å². The molecular formula is C14H17N3O2. The van der Waals surface area contributed by atoms with Crippen molar-refractivity contribution in [3.8, 4) is 17.0 Å². The van der Waals surface area contributed by atoms with E-state index in [1.54, 1.807) is 6.07 Å². The molecule has 0 aliphatic carbocycles. The fourth-order valence-corrected chi connectivity index (χ4v) is 1.65. The molecule has 0 aliphatic rings. The number of ether oxygens (including phenoxy) is 1. The fraction of sp³-hybridized carbons (Fsp3) is 0.286. The summed E-state index contributed by atoms with van der Waals surface area (Å²) in [5.74, 6) is 0.789. The highest BCUT2D eigenvalue weighted by Crippen LogP contribution is 2.22. The van der Waals surface area contributed by atoms with Crippen LogP contribution in [0.3, 0.4) is 0 Å². The Kier molecular flexibility index (Phi) is 4.18. The maximum Gasteiger partial charge on any atom is 0.287 e. The summed E-state index contributed by atoms with van der Waals surface area (Å²) in [6.07, 6.45) is 2.12. The first-order valence-electron chi connectivity index (χ1n) is 6.29. The number of benzene rings is 1. The highest BCUT2D eigenvalue weighted by molar-refractivity contribution is 5.63. The molecule has 2 aromatic rings. The van der Waals surface area contributed by atoms with Gasteiger partial charge in [-0.1, -0.05) is 25.5 Å². The van der Waals surface area contributed by atoms with Crippen LogP contribution in [-0.4, -0.2) is 16.8 Å². The highest BCUT2D eigenvalue weighted by atomic mass is 16.5. The molecule has 0 unspecified atom stereocenters. The Morgan fingerprint density at radius 2 is 2.21 bits per heavy atom. The number of unbranched alkanes of at least 4 members (excludes halogenated alkanes) is 1. The molecule has 0 radical (unpaired) electrons. The first kappa shape index (κ1) is 13.1. The van der Waals surface area contributed by atoms with E-state index in [0.717, 1.165) is 24.2 Å². The minimum absolute atomic E-state index is 0.155. The van der Waals surface area contributed by atoms with Gasteiger partial charge in [0, 0.05) is 5.56 Å². The molecule has 0 fully saturated rings. The van der Waals surface area contributed by atoms with Crippen LogP contribution in [0.2, 0.25) is 0 Å². The summed E-state index contributed by atoms with van der Waals surface area (Å²) in [4.78, 5) is 11.2. The summed E-state index contributed by atoms with van der Waals surface area (Å²) in [5, 5.41) is 6.34. The van der Waals surface area contributed by atoms with Crippen LogP contribution < -0.4 is 16.0 Å². The molecule has 0 saturated heterocycles. The Hall–Kier alpha value is -2.30. The predicted molar refractivity (Wildman–Crippen MR) is 75.1 cm³/mol. The zero-order valence-electron chi connectivity index (χ0n) is 10.8. The molecule has 0 atom stereocenters. The summed E-state index contributed by atoms with van der Waals surface area (Å²) in [6, 6.07) is 9.13. The van der Waals surface area contributed by atoms with Gasteiger partial charge in [0.25, 0.3) is 5.56 Å². The van der Waals surface area contributed by atoms with Crippen LogP contribution in [0, 0.1) is 0 Å². The lowest BCUT2D eigenvalue weighted by molar-refractivity contribution is 0.309. The van der Waals surface area contributed by atoms with Gasteiger partial charge in [0.15, 0.2) is 0 Å². The lowest BCUT2D eigenvalue weighted by atomic mass is 10.1.